The number of carbonyl (C=O) groups excluding carboxylic acids is 1. The molecule has 0 aliphatic carbocycles. The van der Waals surface area contributed by atoms with Gasteiger partial charge in [0.1, 0.15) is 11.3 Å². The number of nitrogens with one attached hydrogen (secondary N) is 1. The maximum atomic E-state index is 12.6. The molecule has 1 aromatic heterocycles. The number of hydrogen-bond acceptors (Lipinski definition) is 4. The van der Waals surface area contributed by atoms with E-state index in [9.17, 15) is 4.79 Å². The number of nitrogens with zero attached hydrogens (tertiary/aromatic N) is 1. The smallest absolute Gasteiger partial charge is 0.262 e. The van der Waals surface area contributed by atoms with Crippen molar-refractivity contribution in [2.75, 3.05) is 11.9 Å². The van der Waals surface area contributed by atoms with E-state index in [0.717, 1.165) is 33.5 Å². The highest BCUT2D eigenvalue weighted by molar-refractivity contribution is 5.92. The van der Waals surface area contributed by atoms with E-state index in [-0.39, 0.29) is 12.5 Å². The van der Waals surface area contributed by atoms with E-state index >= 15 is 0 Å². The van der Waals surface area contributed by atoms with Gasteiger partial charge in [-0.3, -0.25) is 4.79 Å². The molecule has 1 N–H and O–H groups in total. The highest BCUT2D eigenvalue weighted by Crippen LogP contribution is 2.29. The number of hydrogen-bond donors (Lipinski definition) is 1. The van der Waals surface area contributed by atoms with Crippen molar-refractivity contribution in [2.24, 2.45) is 0 Å². The fourth-order valence-corrected chi connectivity index (χ4v) is 3.74. The van der Waals surface area contributed by atoms with Crippen LogP contribution in [0.25, 0.3) is 22.6 Å². The molecule has 0 atom stereocenters. The van der Waals surface area contributed by atoms with Crippen molar-refractivity contribution in [3.8, 4) is 17.2 Å². The Morgan fingerprint density at radius 3 is 2.58 bits per heavy atom. The second-order valence-corrected chi connectivity index (χ2v) is 9.01. The predicted molar refractivity (Wildman–Crippen MR) is 133 cm³/mol. The van der Waals surface area contributed by atoms with Crippen molar-refractivity contribution in [2.45, 2.75) is 46.5 Å². The molecule has 5 nitrogen and oxygen atoms in total. The highest BCUT2D eigenvalue weighted by atomic mass is 16.5. The molecular weight excluding hydrogens is 412 g/mol. The predicted octanol–water partition coefficient (Wildman–Crippen LogP) is 7.07. The first-order valence-electron chi connectivity index (χ1n) is 11.3. The Balaban J connectivity index is 1.47. The fourth-order valence-electron chi connectivity index (χ4n) is 3.74. The summed E-state index contributed by atoms with van der Waals surface area (Å²) in [6, 6.07) is 19.7. The third-order valence-electron chi connectivity index (χ3n) is 5.62. The Morgan fingerprint density at radius 1 is 1.00 bits per heavy atom. The van der Waals surface area contributed by atoms with E-state index in [1.807, 2.05) is 43.3 Å². The van der Waals surface area contributed by atoms with Crippen LogP contribution in [0.3, 0.4) is 0 Å². The van der Waals surface area contributed by atoms with Crippen LogP contribution in [0.5, 0.6) is 5.75 Å². The number of rotatable bonds is 7. The van der Waals surface area contributed by atoms with Crippen molar-refractivity contribution < 1.29 is 13.9 Å². The van der Waals surface area contributed by atoms with Crippen molar-refractivity contribution in [1.82, 2.24) is 4.98 Å². The number of aromatic nitrogens is 1. The highest BCUT2D eigenvalue weighted by Gasteiger charge is 2.13. The normalized spacial score (nSPS) is 11.4. The SMILES string of the molecule is Cc1ccc(C(C)C)c(OCC(=O)Nc2cccc(-c3nc4cc(C(C)C)ccc4o3)c2)c1. The number of carbonyl (C=O) groups is 1. The Hall–Kier alpha value is -3.60. The summed E-state index contributed by atoms with van der Waals surface area (Å²) < 4.78 is 11.8. The first-order chi connectivity index (χ1) is 15.8. The van der Waals surface area contributed by atoms with Crippen molar-refractivity contribution in [3.63, 3.8) is 0 Å². The minimum Gasteiger partial charge on any atom is -0.483 e. The zero-order valence-corrected chi connectivity index (χ0v) is 19.8. The molecule has 0 saturated carbocycles. The van der Waals surface area contributed by atoms with E-state index in [0.29, 0.717) is 23.4 Å². The van der Waals surface area contributed by atoms with Gasteiger partial charge in [0.2, 0.25) is 5.89 Å². The van der Waals surface area contributed by atoms with E-state index < -0.39 is 0 Å². The van der Waals surface area contributed by atoms with Crippen LogP contribution in [0.15, 0.2) is 65.1 Å². The van der Waals surface area contributed by atoms with Crippen LogP contribution >= 0.6 is 0 Å². The summed E-state index contributed by atoms with van der Waals surface area (Å²) in [5, 5.41) is 2.91. The molecule has 0 spiro atoms. The summed E-state index contributed by atoms with van der Waals surface area (Å²) >= 11 is 0. The van der Waals surface area contributed by atoms with E-state index in [1.165, 1.54) is 5.56 Å². The minimum absolute atomic E-state index is 0.0612. The minimum atomic E-state index is -0.220. The monoisotopic (exact) mass is 442 g/mol. The fraction of sp³-hybridized carbons (Fsp3) is 0.286. The molecule has 0 bridgehead atoms. The summed E-state index contributed by atoms with van der Waals surface area (Å²) in [5.41, 5.74) is 6.46. The molecule has 0 aliphatic heterocycles. The number of oxazole rings is 1. The number of anilines is 1. The summed E-state index contributed by atoms with van der Waals surface area (Å²) in [7, 11) is 0. The van der Waals surface area contributed by atoms with Crippen molar-refractivity contribution in [1.29, 1.82) is 0 Å². The number of fused-ring (bicyclic) bond motifs is 1. The standard InChI is InChI=1S/C28H30N2O3/c1-17(2)20-10-12-25-24(15-20)30-28(33-25)21-7-6-8-22(14-21)29-27(31)16-32-26-13-19(5)9-11-23(26)18(3)4/h6-15,17-18H,16H2,1-5H3,(H,29,31). The number of aryl methyl sites for hydroxylation is 1. The molecule has 5 heteroatoms. The Kier molecular flexibility index (Phi) is 6.50. The van der Waals surface area contributed by atoms with Crippen LogP contribution in [0.1, 0.15) is 56.2 Å². The van der Waals surface area contributed by atoms with Gasteiger partial charge in [0.25, 0.3) is 5.91 Å². The molecule has 33 heavy (non-hydrogen) atoms. The van der Waals surface area contributed by atoms with Gasteiger partial charge in [0.15, 0.2) is 12.2 Å². The second kappa shape index (κ2) is 9.49. The summed E-state index contributed by atoms with van der Waals surface area (Å²) in [6.07, 6.45) is 0. The van der Waals surface area contributed by atoms with Gasteiger partial charge in [-0.05, 0) is 71.8 Å². The molecule has 4 rings (SSSR count). The Bertz CT molecular complexity index is 1290. The maximum absolute atomic E-state index is 12.6. The van der Waals surface area contributed by atoms with Gasteiger partial charge in [0, 0.05) is 11.3 Å². The van der Waals surface area contributed by atoms with Crippen LogP contribution in [0, 0.1) is 6.92 Å². The second-order valence-electron chi connectivity index (χ2n) is 9.01. The van der Waals surface area contributed by atoms with Crippen LogP contribution in [-0.2, 0) is 4.79 Å². The largest absolute Gasteiger partial charge is 0.483 e. The van der Waals surface area contributed by atoms with Gasteiger partial charge in [-0.2, -0.15) is 0 Å². The van der Waals surface area contributed by atoms with Gasteiger partial charge in [-0.15, -0.1) is 0 Å². The van der Waals surface area contributed by atoms with Crippen LogP contribution in [0.4, 0.5) is 5.69 Å². The van der Waals surface area contributed by atoms with E-state index in [1.54, 1.807) is 0 Å². The lowest BCUT2D eigenvalue weighted by atomic mass is 10.0. The van der Waals surface area contributed by atoms with Crippen molar-refractivity contribution in [3.05, 3.63) is 77.4 Å². The molecule has 0 aliphatic rings. The maximum Gasteiger partial charge on any atom is 0.262 e. The van der Waals surface area contributed by atoms with Crippen LogP contribution < -0.4 is 10.1 Å². The topological polar surface area (TPSA) is 64.4 Å². The van der Waals surface area contributed by atoms with Crippen LogP contribution in [-0.4, -0.2) is 17.5 Å². The lowest BCUT2D eigenvalue weighted by molar-refractivity contribution is -0.118. The lowest BCUT2D eigenvalue weighted by Gasteiger charge is -2.15. The van der Waals surface area contributed by atoms with Gasteiger partial charge < -0.3 is 14.5 Å². The molecular formula is C28H30N2O3. The average Bonchev–Trinajstić information content (AvgIpc) is 3.21. The zero-order chi connectivity index (χ0) is 23.5. The molecule has 1 heterocycles. The molecule has 4 aromatic rings. The first kappa shape index (κ1) is 22.6. The molecule has 1 amide bonds. The van der Waals surface area contributed by atoms with Crippen molar-refractivity contribution >= 4 is 22.7 Å². The van der Waals surface area contributed by atoms with E-state index in [4.69, 9.17) is 9.15 Å². The molecule has 0 unspecified atom stereocenters. The summed E-state index contributed by atoms with van der Waals surface area (Å²) in [6.45, 7) is 10.5. The van der Waals surface area contributed by atoms with Gasteiger partial charge in [0.05, 0.1) is 0 Å². The van der Waals surface area contributed by atoms with Crippen LogP contribution in [0.2, 0.25) is 0 Å². The first-order valence-corrected chi connectivity index (χ1v) is 11.3. The Morgan fingerprint density at radius 2 is 1.82 bits per heavy atom. The third kappa shape index (κ3) is 5.25. The zero-order valence-electron chi connectivity index (χ0n) is 19.8. The number of ether oxygens (including phenoxy) is 1. The summed E-state index contributed by atoms with van der Waals surface area (Å²) in [5.74, 6) is 1.79. The molecule has 0 saturated heterocycles. The number of amides is 1. The molecule has 0 fully saturated rings. The van der Waals surface area contributed by atoms with Gasteiger partial charge in [-0.25, -0.2) is 4.98 Å². The molecule has 170 valence electrons. The Labute approximate surface area is 194 Å². The van der Waals surface area contributed by atoms with E-state index in [2.05, 4.69) is 62.3 Å². The molecule has 3 aromatic carbocycles. The average molecular weight is 443 g/mol. The lowest BCUT2D eigenvalue weighted by Crippen LogP contribution is -2.20. The summed E-state index contributed by atoms with van der Waals surface area (Å²) in [4.78, 5) is 17.2. The third-order valence-corrected chi connectivity index (χ3v) is 5.62. The molecule has 0 radical (unpaired) electrons. The van der Waals surface area contributed by atoms with Gasteiger partial charge >= 0.3 is 0 Å². The quantitative estimate of drug-likeness (QED) is 0.332. The number of benzene rings is 3. The van der Waals surface area contributed by atoms with Gasteiger partial charge in [-0.1, -0.05) is 52.0 Å².